The zero-order valence-electron chi connectivity index (χ0n) is 18.9. The van der Waals surface area contributed by atoms with Crippen LogP contribution in [-0.4, -0.2) is 45.8 Å². The number of benzene rings is 1. The quantitative estimate of drug-likeness (QED) is 0.384. The Balaban J connectivity index is 1.65. The molecule has 0 radical (unpaired) electrons. The molecule has 0 saturated carbocycles. The van der Waals surface area contributed by atoms with Gasteiger partial charge < -0.3 is 10.5 Å². The molecule has 11 nitrogen and oxygen atoms in total. The second-order valence-electron chi connectivity index (χ2n) is 7.89. The number of sulfone groups is 1. The van der Waals surface area contributed by atoms with Gasteiger partial charge in [-0.15, -0.1) is 0 Å². The van der Waals surface area contributed by atoms with Crippen LogP contribution in [0.1, 0.15) is 24.6 Å². The zero-order valence-corrected chi connectivity index (χ0v) is 19.7. The van der Waals surface area contributed by atoms with E-state index >= 15 is 0 Å². The van der Waals surface area contributed by atoms with Crippen molar-refractivity contribution in [3.05, 3.63) is 81.9 Å². The van der Waals surface area contributed by atoms with Gasteiger partial charge in [0.05, 0.1) is 29.8 Å². The predicted molar refractivity (Wildman–Crippen MR) is 129 cm³/mol. The molecule has 1 aliphatic rings. The molecule has 2 aromatic heterocycles. The molecule has 12 heteroatoms. The fourth-order valence-corrected chi connectivity index (χ4v) is 5.47. The maximum absolute atomic E-state index is 13.6. The minimum atomic E-state index is -3.83. The maximum Gasteiger partial charge on any atom is 0.337 e. The topological polar surface area (TPSA) is 170 Å². The fraction of sp³-hybridized carbons (Fsp3) is 0.261. The molecular formula is C23H24N6O5S. The molecule has 0 amide bonds. The van der Waals surface area contributed by atoms with Crippen molar-refractivity contribution in [1.82, 2.24) is 25.3 Å². The van der Waals surface area contributed by atoms with E-state index in [4.69, 9.17) is 10.5 Å². The van der Waals surface area contributed by atoms with Crippen LogP contribution in [0.5, 0.6) is 0 Å². The molecule has 0 fully saturated rings. The predicted octanol–water partition coefficient (Wildman–Crippen LogP) is 1.15. The van der Waals surface area contributed by atoms with Crippen LogP contribution < -0.4 is 16.6 Å². The molecule has 2 heterocycles. The third-order valence-electron chi connectivity index (χ3n) is 5.48. The van der Waals surface area contributed by atoms with Gasteiger partial charge in [0.1, 0.15) is 4.87 Å². The van der Waals surface area contributed by atoms with Crippen molar-refractivity contribution in [3.8, 4) is 0 Å². The summed E-state index contributed by atoms with van der Waals surface area (Å²) in [5.41, 5.74) is 6.30. The molecule has 0 saturated heterocycles. The Labute approximate surface area is 201 Å². The number of esters is 1. The second-order valence-corrected chi connectivity index (χ2v) is 10.1. The largest absolute Gasteiger partial charge is 0.462 e. The Morgan fingerprint density at radius 1 is 1.26 bits per heavy atom. The highest BCUT2D eigenvalue weighted by atomic mass is 32.2. The number of aromatic nitrogens is 4. The molecule has 0 aliphatic heterocycles. The van der Waals surface area contributed by atoms with Crippen LogP contribution in [0.4, 0.5) is 5.95 Å². The third kappa shape index (κ3) is 5.12. The summed E-state index contributed by atoms with van der Waals surface area (Å²) in [6, 6.07) is 8.81. The average molecular weight is 497 g/mol. The fourth-order valence-electron chi connectivity index (χ4n) is 3.68. The van der Waals surface area contributed by atoms with Crippen LogP contribution in [0.3, 0.4) is 0 Å². The molecule has 1 aromatic carbocycles. The van der Waals surface area contributed by atoms with Crippen molar-refractivity contribution >= 4 is 32.9 Å². The molecule has 1 unspecified atom stereocenters. The van der Waals surface area contributed by atoms with E-state index in [0.717, 1.165) is 0 Å². The van der Waals surface area contributed by atoms with E-state index in [2.05, 4.69) is 25.3 Å². The lowest BCUT2D eigenvalue weighted by molar-refractivity contribution is -0.138. The number of nitrogens with two attached hydrogens (primary N) is 1. The minimum Gasteiger partial charge on any atom is -0.462 e. The number of H-pyrrole nitrogens is 1. The molecule has 3 aromatic rings. The molecule has 1 aliphatic carbocycles. The van der Waals surface area contributed by atoms with Gasteiger partial charge in [-0.1, -0.05) is 36.4 Å². The molecule has 35 heavy (non-hydrogen) atoms. The van der Waals surface area contributed by atoms with Gasteiger partial charge in [-0.2, -0.15) is 4.98 Å². The van der Waals surface area contributed by atoms with Gasteiger partial charge in [0.25, 0.3) is 5.56 Å². The number of nitrogen functional groups attached to an aromatic ring is 1. The van der Waals surface area contributed by atoms with Gasteiger partial charge in [-0.05, 0) is 24.6 Å². The first-order chi connectivity index (χ1) is 16.7. The SMILES string of the molecule is CCOC(=O)C1=CCC(NCc2cnc3nc(N)[nH]c(=O)c3n2)(S(=O)(=O)Cc2ccccc2)C=C1. The number of carbonyl (C=O) groups is 1. The van der Waals surface area contributed by atoms with Crippen LogP contribution in [0.2, 0.25) is 0 Å². The van der Waals surface area contributed by atoms with Gasteiger partial charge in [0.15, 0.2) is 21.0 Å². The number of hydrogen-bond donors (Lipinski definition) is 3. The van der Waals surface area contributed by atoms with E-state index in [0.29, 0.717) is 11.3 Å². The summed E-state index contributed by atoms with van der Waals surface area (Å²) in [6.45, 7) is 1.88. The number of aromatic amines is 1. The van der Waals surface area contributed by atoms with Crippen molar-refractivity contribution < 1.29 is 17.9 Å². The Morgan fingerprint density at radius 3 is 2.71 bits per heavy atom. The van der Waals surface area contributed by atoms with E-state index in [-0.39, 0.29) is 48.0 Å². The lowest BCUT2D eigenvalue weighted by Crippen LogP contribution is -2.51. The van der Waals surface area contributed by atoms with Crippen molar-refractivity contribution in [2.45, 2.75) is 30.5 Å². The molecule has 1 atom stereocenters. The third-order valence-corrected chi connectivity index (χ3v) is 7.75. The van der Waals surface area contributed by atoms with E-state index in [1.807, 2.05) is 6.07 Å². The number of hydrogen-bond acceptors (Lipinski definition) is 10. The molecule has 182 valence electrons. The first kappa shape index (κ1) is 24.2. The Kier molecular flexibility index (Phi) is 6.76. The lowest BCUT2D eigenvalue weighted by atomic mass is 10.0. The highest BCUT2D eigenvalue weighted by Crippen LogP contribution is 2.30. The molecule has 4 N–H and O–H groups in total. The summed E-state index contributed by atoms with van der Waals surface area (Å²) < 4.78 is 32.3. The summed E-state index contributed by atoms with van der Waals surface area (Å²) in [6.07, 6.45) is 5.83. The first-order valence-electron chi connectivity index (χ1n) is 10.8. The van der Waals surface area contributed by atoms with Crippen molar-refractivity contribution in [3.63, 3.8) is 0 Å². The Bertz CT molecular complexity index is 1480. The van der Waals surface area contributed by atoms with Crippen LogP contribution in [0.25, 0.3) is 11.2 Å². The van der Waals surface area contributed by atoms with Crippen molar-refractivity contribution in [2.24, 2.45) is 0 Å². The standard InChI is InChI=1S/C23H24N6O5S/c1-2-34-21(31)16-8-10-23(11-9-16,35(32,33)14-15-6-4-3-5-7-15)26-13-17-12-25-19-18(27-17)20(30)29-22(24)28-19/h3-10,12,26H,2,11,13-14H2,1H3,(H3,24,25,28,29,30). The number of carbonyl (C=O) groups excluding carboxylic acids is 1. The highest BCUT2D eigenvalue weighted by Gasteiger charge is 2.42. The highest BCUT2D eigenvalue weighted by molar-refractivity contribution is 7.92. The Morgan fingerprint density at radius 2 is 2.03 bits per heavy atom. The summed E-state index contributed by atoms with van der Waals surface area (Å²) in [5, 5.41) is 3.07. The summed E-state index contributed by atoms with van der Waals surface area (Å²) in [5.74, 6) is -0.825. The van der Waals surface area contributed by atoms with Gasteiger partial charge in [0.2, 0.25) is 5.95 Å². The molecule has 0 spiro atoms. The average Bonchev–Trinajstić information content (AvgIpc) is 2.83. The van der Waals surface area contributed by atoms with Crippen molar-refractivity contribution in [2.75, 3.05) is 12.3 Å². The van der Waals surface area contributed by atoms with Gasteiger partial charge in [-0.25, -0.2) is 23.2 Å². The number of nitrogens with one attached hydrogen (secondary N) is 2. The summed E-state index contributed by atoms with van der Waals surface area (Å²) in [7, 11) is -3.83. The lowest BCUT2D eigenvalue weighted by Gasteiger charge is -2.33. The van der Waals surface area contributed by atoms with Crippen LogP contribution in [0, 0.1) is 0 Å². The van der Waals surface area contributed by atoms with E-state index in [1.165, 1.54) is 24.4 Å². The van der Waals surface area contributed by atoms with Crippen molar-refractivity contribution in [1.29, 1.82) is 0 Å². The molecule has 0 bridgehead atoms. The number of rotatable bonds is 8. The number of anilines is 1. The first-order valence-corrected chi connectivity index (χ1v) is 12.5. The smallest absolute Gasteiger partial charge is 0.337 e. The monoisotopic (exact) mass is 496 g/mol. The van der Waals surface area contributed by atoms with E-state index in [9.17, 15) is 18.0 Å². The number of fused-ring (bicyclic) bond motifs is 1. The van der Waals surface area contributed by atoms with Gasteiger partial charge in [0, 0.05) is 13.0 Å². The van der Waals surface area contributed by atoms with Gasteiger partial charge in [-0.3, -0.25) is 15.1 Å². The van der Waals surface area contributed by atoms with Gasteiger partial charge >= 0.3 is 5.97 Å². The summed E-state index contributed by atoms with van der Waals surface area (Å²) >= 11 is 0. The van der Waals surface area contributed by atoms with E-state index < -0.39 is 26.2 Å². The molecule has 4 rings (SSSR count). The number of ether oxygens (including phenoxy) is 1. The minimum absolute atomic E-state index is 0.00744. The zero-order chi connectivity index (χ0) is 25.1. The van der Waals surface area contributed by atoms with Crippen LogP contribution in [-0.2, 0) is 31.7 Å². The second kappa shape index (κ2) is 9.76. The maximum atomic E-state index is 13.6. The normalized spacial score (nSPS) is 17.8. The molecular weight excluding hydrogens is 472 g/mol. The Hall–Kier alpha value is -3.90. The van der Waals surface area contributed by atoms with Crippen LogP contribution >= 0.6 is 0 Å². The van der Waals surface area contributed by atoms with E-state index in [1.54, 1.807) is 31.2 Å². The summed E-state index contributed by atoms with van der Waals surface area (Å²) in [4.78, 5) is 37.5. The van der Waals surface area contributed by atoms with Crippen LogP contribution in [0.15, 0.2) is 65.1 Å². The number of nitrogens with zero attached hydrogens (tertiary/aromatic N) is 3.